The summed E-state index contributed by atoms with van der Waals surface area (Å²) in [5.41, 5.74) is 3.01. The van der Waals surface area contributed by atoms with Crippen LogP contribution in [0.1, 0.15) is 10.4 Å². The third kappa shape index (κ3) is 4.13. The first-order valence-corrected chi connectivity index (χ1v) is 8.15. The summed E-state index contributed by atoms with van der Waals surface area (Å²) in [6.07, 6.45) is 0. The van der Waals surface area contributed by atoms with E-state index in [-0.39, 0.29) is 5.91 Å². The fraction of sp³-hybridized carbons (Fsp3) is 0.0952. The van der Waals surface area contributed by atoms with Crippen LogP contribution < -0.4 is 20.1 Å². The van der Waals surface area contributed by atoms with Crippen molar-refractivity contribution in [3.8, 4) is 11.5 Å². The highest BCUT2D eigenvalue weighted by molar-refractivity contribution is 6.04. The summed E-state index contributed by atoms with van der Waals surface area (Å²) in [5, 5.41) is 6.17. The molecule has 5 heteroatoms. The van der Waals surface area contributed by atoms with Gasteiger partial charge in [-0.15, -0.1) is 0 Å². The Hall–Kier alpha value is -3.47. The predicted molar refractivity (Wildman–Crippen MR) is 104 cm³/mol. The number of ether oxygens (including phenoxy) is 2. The summed E-state index contributed by atoms with van der Waals surface area (Å²) < 4.78 is 10.6. The van der Waals surface area contributed by atoms with E-state index < -0.39 is 0 Å². The van der Waals surface area contributed by atoms with Crippen molar-refractivity contribution in [2.45, 2.75) is 0 Å². The van der Waals surface area contributed by atoms with Crippen molar-refractivity contribution in [1.82, 2.24) is 0 Å². The second-order valence-electron chi connectivity index (χ2n) is 5.59. The van der Waals surface area contributed by atoms with Gasteiger partial charge in [0.15, 0.2) is 0 Å². The molecule has 0 saturated carbocycles. The Morgan fingerprint density at radius 2 is 1.50 bits per heavy atom. The van der Waals surface area contributed by atoms with Gasteiger partial charge in [-0.05, 0) is 48.5 Å². The third-order valence-corrected chi connectivity index (χ3v) is 3.86. The van der Waals surface area contributed by atoms with Gasteiger partial charge in [0.25, 0.3) is 5.91 Å². The largest absolute Gasteiger partial charge is 0.497 e. The van der Waals surface area contributed by atoms with Gasteiger partial charge in [-0.1, -0.05) is 18.2 Å². The molecule has 5 nitrogen and oxygen atoms in total. The number of carbonyl (C=O) groups excluding carboxylic acids is 1. The quantitative estimate of drug-likeness (QED) is 0.678. The van der Waals surface area contributed by atoms with Crippen LogP contribution in [0.25, 0.3) is 0 Å². The molecule has 0 aliphatic heterocycles. The highest BCUT2D eigenvalue weighted by Crippen LogP contribution is 2.31. The van der Waals surface area contributed by atoms with Gasteiger partial charge in [0.05, 0.1) is 19.9 Å². The highest BCUT2D eigenvalue weighted by atomic mass is 16.5. The predicted octanol–water partition coefficient (Wildman–Crippen LogP) is 4.70. The van der Waals surface area contributed by atoms with Crippen molar-refractivity contribution >= 4 is 23.0 Å². The van der Waals surface area contributed by atoms with Crippen molar-refractivity contribution in [3.05, 3.63) is 78.4 Å². The van der Waals surface area contributed by atoms with Crippen molar-refractivity contribution in [2.24, 2.45) is 0 Å². The van der Waals surface area contributed by atoms with Gasteiger partial charge in [-0.2, -0.15) is 0 Å². The third-order valence-electron chi connectivity index (χ3n) is 3.86. The van der Waals surface area contributed by atoms with Gasteiger partial charge in [0.1, 0.15) is 11.5 Å². The van der Waals surface area contributed by atoms with E-state index in [9.17, 15) is 4.79 Å². The maximum Gasteiger partial charge on any atom is 0.255 e. The van der Waals surface area contributed by atoms with E-state index >= 15 is 0 Å². The number of methoxy groups -OCH3 is 2. The lowest BCUT2D eigenvalue weighted by molar-refractivity contribution is 0.102. The minimum atomic E-state index is -0.138. The Bertz CT molecular complexity index is 878. The molecule has 3 aromatic rings. The average Bonchev–Trinajstić information content (AvgIpc) is 2.70. The summed E-state index contributed by atoms with van der Waals surface area (Å²) in [4.78, 5) is 12.2. The first kappa shape index (κ1) is 17.4. The minimum absolute atomic E-state index is 0.138. The van der Waals surface area contributed by atoms with Crippen LogP contribution in [0.4, 0.5) is 17.1 Å². The molecule has 0 unspecified atom stereocenters. The maximum absolute atomic E-state index is 12.2. The van der Waals surface area contributed by atoms with E-state index in [4.69, 9.17) is 9.47 Å². The van der Waals surface area contributed by atoms with E-state index in [1.807, 2.05) is 60.7 Å². The molecule has 0 atom stereocenters. The number of hydrogen-bond donors (Lipinski definition) is 2. The minimum Gasteiger partial charge on any atom is -0.497 e. The molecular weight excluding hydrogens is 328 g/mol. The molecule has 0 radical (unpaired) electrons. The molecule has 0 fully saturated rings. The van der Waals surface area contributed by atoms with Crippen molar-refractivity contribution < 1.29 is 14.3 Å². The normalized spacial score (nSPS) is 10.1. The number of benzene rings is 3. The molecule has 132 valence electrons. The maximum atomic E-state index is 12.2. The van der Waals surface area contributed by atoms with Crippen LogP contribution in [0.3, 0.4) is 0 Å². The van der Waals surface area contributed by atoms with Gasteiger partial charge < -0.3 is 20.1 Å². The van der Waals surface area contributed by atoms with Crippen LogP contribution in [0.15, 0.2) is 72.8 Å². The van der Waals surface area contributed by atoms with Gasteiger partial charge in [0.2, 0.25) is 0 Å². The molecule has 0 heterocycles. The smallest absolute Gasteiger partial charge is 0.255 e. The van der Waals surface area contributed by atoms with Gasteiger partial charge in [0, 0.05) is 23.0 Å². The monoisotopic (exact) mass is 348 g/mol. The summed E-state index contributed by atoms with van der Waals surface area (Å²) in [6, 6.07) is 22.1. The molecule has 2 N–H and O–H groups in total. The summed E-state index contributed by atoms with van der Waals surface area (Å²) >= 11 is 0. The van der Waals surface area contributed by atoms with E-state index in [1.165, 1.54) is 0 Å². The second kappa shape index (κ2) is 8.07. The van der Waals surface area contributed by atoms with Crippen LogP contribution in [-0.4, -0.2) is 20.1 Å². The Morgan fingerprint density at radius 3 is 2.15 bits per heavy atom. The number of nitrogens with one attached hydrogen (secondary N) is 2. The summed E-state index contributed by atoms with van der Waals surface area (Å²) in [7, 11) is 3.24. The molecule has 0 saturated heterocycles. The lowest BCUT2D eigenvalue weighted by Gasteiger charge is -2.13. The van der Waals surface area contributed by atoms with Crippen LogP contribution in [0.5, 0.6) is 11.5 Å². The Morgan fingerprint density at radius 1 is 0.808 bits per heavy atom. The number of rotatable bonds is 6. The van der Waals surface area contributed by atoms with Crippen LogP contribution in [0, 0.1) is 0 Å². The topological polar surface area (TPSA) is 59.6 Å². The average molecular weight is 348 g/mol. The zero-order valence-electron chi connectivity index (χ0n) is 14.7. The molecule has 0 spiro atoms. The Balaban J connectivity index is 1.71. The van der Waals surface area contributed by atoms with Gasteiger partial charge in [-0.3, -0.25) is 4.79 Å². The van der Waals surface area contributed by atoms with E-state index in [0.717, 1.165) is 22.8 Å². The van der Waals surface area contributed by atoms with Crippen molar-refractivity contribution in [2.75, 3.05) is 24.9 Å². The summed E-state index contributed by atoms with van der Waals surface area (Å²) in [5.74, 6) is 1.31. The zero-order chi connectivity index (χ0) is 18.4. The van der Waals surface area contributed by atoms with Crippen LogP contribution in [-0.2, 0) is 0 Å². The molecule has 0 aromatic heterocycles. The van der Waals surface area contributed by atoms with E-state index in [0.29, 0.717) is 11.3 Å². The molecular formula is C21H20N2O3. The number of amides is 1. The molecule has 0 aliphatic rings. The second-order valence-corrected chi connectivity index (χ2v) is 5.59. The molecule has 1 amide bonds. The fourth-order valence-corrected chi connectivity index (χ4v) is 2.50. The van der Waals surface area contributed by atoms with Crippen molar-refractivity contribution in [3.63, 3.8) is 0 Å². The Kier molecular flexibility index (Phi) is 5.39. The molecule has 0 bridgehead atoms. The molecule has 3 rings (SSSR count). The standard InChI is InChI=1S/C21H20N2O3/c1-25-18-12-13-20(26-2)19(14-18)22-16-8-10-17(11-9-16)23-21(24)15-6-4-3-5-7-15/h3-14,22H,1-2H3,(H,23,24). The van der Waals surface area contributed by atoms with Gasteiger partial charge >= 0.3 is 0 Å². The first-order chi connectivity index (χ1) is 12.7. The van der Waals surface area contributed by atoms with Gasteiger partial charge in [-0.25, -0.2) is 0 Å². The summed E-state index contributed by atoms with van der Waals surface area (Å²) in [6.45, 7) is 0. The lowest BCUT2D eigenvalue weighted by Crippen LogP contribution is -2.11. The van der Waals surface area contributed by atoms with Crippen LogP contribution in [0.2, 0.25) is 0 Å². The molecule has 26 heavy (non-hydrogen) atoms. The number of anilines is 3. The number of hydrogen-bond acceptors (Lipinski definition) is 4. The first-order valence-electron chi connectivity index (χ1n) is 8.15. The lowest BCUT2D eigenvalue weighted by atomic mass is 10.2. The molecule has 3 aromatic carbocycles. The zero-order valence-corrected chi connectivity index (χ0v) is 14.7. The van der Waals surface area contributed by atoms with E-state index in [1.54, 1.807) is 26.4 Å². The fourth-order valence-electron chi connectivity index (χ4n) is 2.50. The van der Waals surface area contributed by atoms with Crippen LogP contribution >= 0.6 is 0 Å². The van der Waals surface area contributed by atoms with Crippen molar-refractivity contribution in [1.29, 1.82) is 0 Å². The number of carbonyl (C=O) groups is 1. The van der Waals surface area contributed by atoms with E-state index in [2.05, 4.69) is 10.6 Å². The Labute approximate surface area is 152 Å². The highest BCUT2D eigenvalue weighted by Gasteiger charge is 2.07. The SMILES string of the molecule is COc1ccc(OC)c(Nc2ccc(NC(=O)c3ccccc3)cc2)c1. The molecule has 0 aliphatic carbocycles.